The largest absolute Gasteiger partial charge is 0.418 e. The van der Waals surface area contributed by atoms with Gasteiger partial charge < -0.3 is 14.8 Å². The third-order valence-electron chi connectivity index (χ3n) is 4.03. The SMILES string of the molecule is Cc1c(NC(c2nnc(-c3ccccc3)o2)[C@H](C)O)ccc(C#N)c1Cl. The molecule has 0 fully saturated rings. The van der Waals surface area contributed by atoms with Crippen LogP contribution in [0.25, 0.3) is 11.5 Å². The van der Waals surface area contributed by atoms with Crippen molar-refractivity contribution < 1.29 is 9.52 Å². The fraction of sp³-hybridized carbons (Fsp3) is 0.211. The van der Waals surface area contributed by atoms with Crippen molar-refractivity contribution in [1.29, 1.82) is 5.26 Å². The Morgan fingerprint density at radius 1 is 1.19 bits per heavy atom. The van der Waals surface area contributed by atoms with Gasteiger partial charge in [0.1, 0.15) is 12.1 Å². The maximum Gasteiger partial charge on any atom is 0.247 e. The number of aliphatic hydroxyl groups excluding tert-OH is 1. The molecule has 7 heteroatoms. The number of hydrogen-bond donors (Lipinski definition) is 2. The van der Waals surface area contributed by atoms with Gasteiger partial charge in [-0.15, -0.1) is 10.2 Å². The van der Waals surface area contributed by atoms with Crippen molar-refractivity contribution in [2.45, 2.75) is 26.0 Å². The summed E-state index contributed by atoms with van der Waals surface area (Å²) in [5.41, 5.74) is 2.58. The van der Waals surface area contributed by atoms with Crippen LogP contribution in [0.5, 0.6) is 0 Å². The van der Waals surface area contributed by atoms with E-state index in [1.807, 2.05) is 36.4 Å². The van der Waals surface area contributed by atoms with E-state index in [9.17, 15) is 5.11 Å². The Balaban J connectivity index is 1.91. The van der Waals surface area contributed by atoms with Gasteiger partial charge in [-0.25, -0.2) is 0 Å². The minimum absolute atomic E-state index is 0.263. The molecule has 1 aromatic heterocycles. The zero-order chi connectivity index (χ0) is 18.7. The van der Waals surface area contributed by atoms with Crippen LogP contribution in [0.4, 0.5) is 5.69 Å². The number of aromatic nitrogens is 2. The molecule has 0 saturated carbocycles. The summed E-state index contributed by atoms with van der Waals surface area (Å²) in [4.78, 5) is 0. The molecule has 0 aliphatic rings. The number of halogens is 1. The fourth-order valence-electron chi connectivity index (χ4n) is 2.54. The van der Waals surface area contributed by atoms with Crippen LogP contribution in [0.15, 0.2) is 46.9 Å². The highest BCUT2D eigenvalue weighted by molar-refractivity contribution is 6.32. The molecule has 2 aromatic carbocycles. The smallest absolute Gasteiger partial charge is 0.247 e. The van der Waals surface area contributed by atoms with Crippen molar-refractivity contribution in [1.82, 2.24) is 10.2 Å². The second-order valence-electron chi connectivity index (χ2n) is 5.89. The average molecular weight is 369 g/mol. The maximum atomic E-state index is 10.2. The lowest BCUT2D eigenvalue weighted by molar-refractivity contribution is 0.159. The van der Waals surface area contributed by atoms with Gasteiger partial charge in [0.25, 0.3) is 0 Å². The molecule has 0 saturated heterocycles. The molecule has 2 N–H and O–H groups in total. The number of nitriles is 1. The highest BCUT2D eigenvalue weighted by atomic mass is 35.5. The molecule has 0 amide bonds. The van der Waals surface area contributed by atoms with Crippen LogP contribution >= 0.6 is 11.6 Å². The first-order valence-corrected chi connectivity index (χ1v) is 8.41. The van der Waals surface area contributed by atoms with E-state index in [2.05, 4.69) is 15.5 Å². The lowest BCUT2D eigenvalue weighted by Crippen LogP contribution is -2.23. The lowest BCUT2D eigenvalue weighted by Gasteiger charge is -2.21. The summed E-state index contributed by atoms with van der Waals surface area (Å²) >= 11 is 6.22. The Kier molecular flexibility index (Phi) is 5.21. The summed E-state index contributed by atoms with van der Waals surface area (Å²) in [6, 6.07) is 14.2. The van der Waals surface area contributed by atoms with E-state index in [0.29, 0.717) is 27.7 Å². The number of aliphatic hydroxyl groups is 1. The average Bonchev–Trinajstić information content (AvgIpc) is 3.13. The number of anilines is 1. The first-order valence-electron chi connectivity index (χ1n) is 8.04. The summed E-state index contributed by atoms with van der Waals surface area (Å²) in [5, 5.41) is 30.9. The van der Waals surface area contributed by atoms with Gasteiger partial charge in [0.15, 0.2) is 0 Å². The standard InChI is InChI=1S/C19H17ClN4O2/c1-11-15(9-8-14(10-21)16(11)20)22-17(12(2)25)19-24-23-18(26-19)13-6-4-3-5-7-13/h3-9,12,17,22,25H,1-2H3/t12-,17?/m0/s1. The lowest BCUT2D eigenvalue weighted by atomic mass is 10.1. The topological polar surface area (TPSA) is 95.0 Å². The number of rotatable bonds is 5. The Morgan fingerprint density at radius 3 is 2.58 bits per heavy atom. The monoisotopic (exact) mass is 368 g/mol. The van der Waals surface area contributed by atoms with E-state index in [4.69, 9.17) is 21.3 Å². The first kappa shape index (κ1) is 17.9. The second-order valence-corrected chi connectivity index (χ2v) is 6.26. The molecule has 0 spiro atoms. The first-order chi connectivity index (χ1) is 12.5. The third kappa shape index (κ3) is 3.54. The number of nitrogens with one attached hydrogen (secondary N) is 1. The second kappa shape index (κ2) is 7.56. The number of nitrogens with zero attached hydrogens (tertiary/aromatic N) is 3. The highest BCUT2D eigenvalue weighted by Gasteiger charge is 2.25. The summed E-state index contributed by atoms with van der Waals surface area (Å²) in [7, 11) is 0. The van der Waals surface area contributed by atoms with Crippen molar-refractivity contribution >= 4 is 17.3 Å². The van der Waals surface area contributed by atoms with E-state index in [1.54, 1.807) is 26.0 Å². The fourth-order valence-corrected chi connectivity index (χ4v) is 2.75. The molecule has 0 aliphatic heterocycles. The van der Waals surface area contributed by atoms with Crippen LogP contribution in [0.3, 0.4) is 0 Å². The van der Waals surface area contributed by atoms with Crippen LogP contribution < -0.4 is 5.32 Å². The Hall–Kier alpha value is -2.88. The quantitative estimate of drug-likeness (QED) is 0.703. The molecular weight excluding hydrogens is 352 g/mol. The van der Waals surface area contributed by atoms with Gasteiger partial charge in [-0.1, -0.05) is 29.8 Å². The van der Waals surface area contributed by atoms with E-state index in [-0.39, 0.29) is 5.89 Å². The van der Waals surface area contributed by atoms with Crippen LogP contribution in [-0.4, -0.2) is 21.4 Å². The summed E-state index contributed by atoms with van der Waals surface area (Å²) < 4.78 is 5.75. The molecule has 2 atom stereocenters. The molecule has 132 valence electrons. The summed E-state index contributed by atoms with van der Waals surface area (Å²) in [6.45, 7) is 3.43. The van der Waals surface area contributed by atoms with E-state index < -0.39 is 12.1 Å². The third-order valence-corrected chi connectivity index (χ3v) is 4.51. The van der Waals surface area contributed by atoms with Crippen LogP contribution in [-0.2, 0) is 0 Å². The number of hydrogen-bond acceptors (Lipinski definition) is 6. The van der Waals surface area contributed by atoms with Crippen LogP contribution in [0.1, 0.15) is 30.0 Å². The van der Waals surface area contributed by atoms with Gasteiger partial charge in [-0.2, -0.15) is 5.26 Å². The summed E-state index contributed by atoms with van der Waals surface area (Å²) in [6.07, 6.45) is -0.798. The summed E-state index contributed by atoms with van der Waals surface area (Å²) in [5.74, 6) is 0.640. The van der Waals surface area contributed by atoms with Gasteiger partial charge in [0.2, 0.25) is 11.8 Å². The molecule has 0 radical (unpaired) electrons. The Morgan fingerprint density at radius 2 is 1.92 bits per heavy atom. The molecular formula is C19H17ClN4O2. The van der Waals surface area contributed by atoms with Crippen molar-refractivity contribution in [3.8, 4) is 17.5 Å². The zero-order valence-electron chi connectivity index (χ0n) is 14.3. The van der Waals surface area contributed by atoms with Gasteiger partial charge in [0, 0.05) is 11.3 Å². The van der Waals surface area contributed by atoms with Gasteiger partial charge in [-0.3, -0.25) is 0 Å². The Bertz CT molecular complexity index is 948. The predicted octanol–water partition coefficient (Wildman–Crippen LogP) is 4.10. The highest BCUT2D eigenvalue weighted by Crippen LogP contribution is 2.31. The van der Waals surface area contributed by atoms with Gasteiger partial charge >= 0.3 is 0 Å². The molecule has 26 heavy (non-hydrogen) atoms. The van der Waals surface area contributed by atoms with E-state index >= 15 is 0 Å². The number of benzene rings is 2. The molecule has 3 aromatic rings. The van der Waals surface area contributed by atoms with Crippen LogP contribution in [0.2, 0.25) is 5.02 Å². The normalized spacial score (nSPS) is 13.0. The van der Waals surface area contributed by atoms with Crippen molar-refractivity contribution in [2.75, 3.05) is 5.32 Å². The van der Waals surface area contributed by atoms with Crippen LogP contribution in [0, 0.1) is 18.3 Å². The Labute approximate surface area is 156 Å². The zero-order valence-corrected chi connectivity index (χ0v) is 15.0. The maximum absolute atomic E-state index is 10.2. The van der Waals surface area contributed by atoms with Crippen molar-refractivity contribution in [3.05, 3.63) is 64.5 Å². The van der Waals surface area contributed by atoms with Crippen molar-refractivity contribution in [2.24, 2.45) is 0 Å². The molecule has 3 rings (SSSR count). The molecule has 0 bridgehead atoms. The predicted molar refractivity (Wildman–Crippen MR) is 98.7 cm³/mol. The minimum Gasteiger partial charge on any atom is -0.418 e. The molecule has 0 aliphatic carbocycles. The van der Waals surface area contributed by atoms with Gasteiger partial charge in [0.05, 0.1) is 16.7 Å². The van der Waals surface area contributed by atoms with Crippen molar-refractivity contribution in [3.63, 3.8) is 0 Å². The van der Waals surface area contributed by atoms with E-state index in [1.165, 1.54) is 0 Å². The van der Waals surface area contributed by atoms with Gasteiger partial charge in [-0.05, 0) is 43.7 Å². The molecule has 1 unspecified atom stereocenters. The minimum atomic E-state index is -0.798. The van der Waals surface area contributed by atoms with E-state index in [0.717, 1.165) is 5.56 Å². The molecule has 1 heterocycles. The molecule has 6 nitrogen and oxygen atoms in total.